The van der Waals surface area contributed by atoms with Crippen LogP contribution in [-0.4, -0.2) is 60.6 Å². The fraction of sp³-hybridized carbons (Fsp3) is 0.783. The largest absolute Gasteiger partial charge is 0.370 e. The van der Waals surface area contributed by atoms with Gasteiger partial charge >= 0.3 is 0 Å². The van der Waals surface area contributed by atoms with Crippen LogP contribution < -0.4 is 33.2 Å². The molecule has 0 aliphatic carbocycles. The van der Waals surface area contributed by atoms with E-state index in [4.69, 9.17) is 17.2 Å². The minimum atomic E-state index is -1.10. The molecular formula is C23H43N6O5. The van der Waals surface area contributed by atoms with Crippen LogP contribution in [0.15, 0.2) is 0 Å². The van der Waals surface area contributed by atoms with E-state index in [-0.39, 0.29) is 31.1 Å². The van der Waals surface area contributed by atoms with Gasteiger partial charge in [0.2, 0.25) is 29.9 Å². The molecule has 1 radical (unpaired) electrons. The summed E-state index contributed by atoms with van der Waals surface area (Å²) in [5, 5.41) is 7.82. The molecule has 0 aliphatic rings. The molecule has 0 fully saturated rings. The molecule has 0 bridgehead atoms. The molecule has 4 amide bonds. The van der Waals surface area contributed by atoms with Crippen LogP contribution in [0.5, 0.6) is 0 Å². The van der Waals surface area contributed by atoms with Gasteiger partial charge < -0.3 is 33.2 Å². The molecule has 0 aromatic rings. The number of hydrogen-bond acceptors (Lipinski definition) is 7. The molecule has 9 N–H and O–H groups in total. The predicted molar refractivity (Wildman–Crippen MR) is 130 cm³/mol. The van der Waals surface area contributed by atoms with Crippen molar-refractivity contribution in [1.29, 1.82) is 0 Å². The smallest absolute Gasteiger partial charge is 0.243 e. The second-order valence-electron chi connectivity index (χ2n) is 9.46. The lowest BCUT2D eigenvalue weighted by Crippen LogP contribution is -2.56. The van der Waals surface area contributed by atoms with Crippen molar-refractivity contribution < 1.29 is 24.0 Å². The summed E-state index contributed by atoms with van der Waals surface area (Å²) in [5.41, 5.74) is 16.7. The number of rotatable bonds is 18. The Morgan fingerprint density at radius 1 is 0.794 bits per heavy atom. The maximum atomic E-state index is 13.0. The average Bonchev–Trinajstić information content (AvgIpc) is 2.74. The van der Waals surface area contributed by atoms with Crippen molar-refractivity contribution in [3.05, 3.63) is 0 Å². The number of amides is 4. The van der Waals surface area contributed by atoms with Crippen LogP contribution in [0, 0.1) is 11.8 Å². The molecule has 34 heavy (non-hydrogen) atoms. The van der Waals surface area contributed by atoms with Crippen molar-refractivity contribution >= 4 is 29.9 Å². The van der Waals surface area contributed by atoms with E-state index in [1.807, 2.05) is 34.0 Å². The normalized spacial score (nSPS) is 14.7. The van der Waals surface area contributed by atoms with Gasteiger partial charge in [0.15, 0.2) is 0 Å². The highest BCUT2D eigenvalue weighted by atomic mass is 16.2. The van der Waals surface area contributed by atoms with E-state index in [0.717, 1.165) is 0 Å². The molecule has 0 aromatic heterocycles. The number of nitrogens with one attached hydrogen (secondary N) is 3. The van der Waals surface area contributed by atoms with Gasteiger partial charge in [0.1, 0.15) is 12.1 Å². The molecule has 11 heteroatoms. The van der Waals surface area contributed by atoms with Gasteiger partial charge in [0, 0.05) is 6.42 Å². The Hall–Kier alpha value is -2.53. The van der Waals surface area contributed by atoms with E-state index in [1.54, 1.807) is 0 Å². The predicted octanol–water partition coefficient (Wildman–Crippen LogP) is -0.635. The maximum Gasteiger partial charge on any atom is 0.243 e. The van der Waals surface area contributed by atoms with Crippen molar-refractivity contribution in [3.63, 3.8) is 0 Å². The van der Waals surface area contributed by atoms with Crippen LogP contribution in [0.4, 0.5) is 0 Å². The Bertz CT molecular complexity index is 670. The summed E-state index contributed by atoms with van der Waals surface area (Å²) in [4.78, 5) is 60.9. The number of hydrogen-bond donors (Lipinski definition) is 6. The number of unbranched alkanes of at least 4 members (excludes halogenated alkanes) is 1. The monoisotopic (exact) mass is 483 g/mol. The molecule has 0 spiro atoms. The van der Waals surface area contributed by atoms with Crippen LogP contribution in [0.3, 0.4) is 0 Å². The summed E-state index contributed by atoms with van der Waals surface area (Å²) in [5.74, 6) is -2.02. The Morgan fingerprint density at radius 3 is 1.82 bits per heavy atom. The number of primary amides is 1. The van der Waals surface area contributed by atoms with Crippen LogP contribution in [-0.2, 0) is 24.0 Å². The summed E-state index contributed by atoms with van der Waals surface area (Å²) in [7, 11) is 0. The van der Waals surface area contributed by atoms with Crippen molar-refractivity contribution in [2.75, 3.05) is 6.54 Å². The Balaban J connectivity index is 5.47. The van der Waals surface area contributed by atoms with Gasteiger partial charge in [-0.15, -0.1) is 0 Å². The highest BCUT2D eigenvalue weighted by Gasteiger charge is 2.29. The summed E-state index contributed by atoms with van der Waals surface area (Å²) in [6.07, 6.45) is 3.93. The molecule has 0 saturated carbocycles. The Morgan fingerprint density at radius 2 is 1.32 bits per heavy atom. The van der Waals surface area contributed by atoms with Crippen molar-refractivity contribution in [1.82, 2.24) is 16.0 Å². The second-order valence-corrected chi connectivity index (χ2v) is 9.46. The minimum Gasteiger partial charge on any atom is -0.370 e. The van der Waals surface area contributed by atoms with Crippen LogP contribution in [0.1, 0.15) is 72.6 Å². The first-order chi connectivity index (χ1) is 15.9. The average molecular weight is 484 g/mol. The molecule has 0 saturated heterocycles. The first kappa shape index (κ1) is 31.5. The standard InChI is InChI=1S/C23H43N6O5/c1-14(2)11-16(13-30)27-22(33)18(7-5-6-10-24)29-23(34)19(8-9-20(26)31)28-21(32)17(25)12-15(3)4/h14-19H,5-12,24-25H2,1-4H3,(H2,26,31)(H,27,33)(H,28,32)(H,29,34)/t16-,17-,18-,19-/m0/s1. The number of carbonyl (C=O) groups is 4. The molecule has 4 atom stereocenters. The SMILES string of the molecule is CC(C)C[C@@H]([C]=O)NC(=O)[C@H](CCCCN)NC(=O)[C@H](CCC(N)=O)NC(=O)[C@@H](N)CC(C)C. The van der Waals surface area contributed by atoms with Crippen molar-refractivity contribution in [3.8, 4) is 0 Å². The van der Waals surface area contributed by atoms with Gasteiger partial charge in [0.05, 0.1) is 12.1 Å². The van der Waals surface area contributed by atoms with Crippen LogP contribution in [0.2, 0.25) is 0 Å². The lowest BCUT2D eigenvalue weighted by Gasteiger charge is -2.25. The molecule has 0 rings (SSSR count). The van der Waals surface area contributed by atoms with Crippen molar-refractivity contribution in [2.24, 2.45) is 29.0 Å². The minimum absolute atomic E-state index is 0.0451. The quantitative estimate of drug-likeness (QED) is 0.139. The molecule has 0 aliphatic heterocycles. The van der Waals surface area contributed by atoms with E-state index in [2.05, 4.69) is 16.0 Å². The lowest BCUT2D eigenvalue weighted by molar-refractivity contribution is -0.133. The van der Waals surface area contributed by atoms with E-state index < -0.39 is 47.8 Å². The molecule has 0 aromatic carbocycles. The van der Waals surface area contributed by atoms with Gasteiger partial charge in [-0.1, -0.05) is 27.7 Å². The van der Waals surface area contributed by atoms with Gasteiger partial charge in [-0.2, -0.15) is 0 Å². The fourth-order valence-electron chi connectivity index (χ4n) is 3.36. The third-order valence-corrected chi connectivity index (χ3v) is 5.12. The van der Waals surface area contributed by atoms with E-state index in [9.17, 15) is 24.0 Å². The summed E-state index contributed by atoms with van der Waals surface area (Å²) >= 11 is 0. The zero-order valence-corrected chi connectivity index (χ0v) is 20.9. The third kappa shape index (κ3) is 13.9. The van der Waals surface area contributed by atoms with Gasteiger partial charge in [-0.3, -0.25) is 24.0 Å². The van der Waals surface area contributed by atoms with E-state index >= 15 is 0 Å². The number of nitrogens with two attached hydrogens (primary N) is 3. The second kappa shape index (κ2) is 17.0. The summed E-state index contributed by atoms with van der Waals surface area (Å²) in [6.45, 7) is 8.07. The highest BCUT2D eigenvalue weighted by molar-refractivity contribution is 5.93. The fourth-order valence-corrected chi connectivity index (χ4v) is 3.36. The zero-order valence-electron chi connectivity index (χ0n) is 20.9. The summed E-state index contributed by atoms with van der Waals surface area (Å²) in [6, 6.07) is -3.69. The maximum absolute atomic E-state index is 13.0. The zero-order chi connectivity index (χ0) is 26.3. The van der Waals surface area contributed by atoms with Gasteiger partial charge in [-0.25, -0.2) is 0 Å². The molecule has 11 nitrogen and oxygen atoms in total. The lowest BCUT2D eigenvalue weighted by atomic mass is 10.0. The Labute approximate surface area is 202 Å². The Kier molecular flexibility index (Phi) is 15.7. The molecule has 0 heterocycles. The molecule has 195 valence electrons. The topological polar surface area (TPSA) is 200 Å². The van der Waals surface area contributed by atoms with E-state index in [0.29, 0.717) is 32.2 Å². The van der Waals surface area contributed by atoms with Crippen molar-refractivity contribution in [2.45, 2.75) is 96.8 Å². The first-order valence-corrected chi connectivity index (χ1v) is 11.9. The van der Waals surface area contributed by atoms with Crippen LogP contribution >= 0.6 is 0 Å². The molecular weight excluding hydrogens is 440 g/mol. The summed E-state index contributed by atoms with van der Waals surface area (Å²) < 4.78 is 0. The molecule has 0 unspecified atom stereocenters. The van der Waals surface area contributed by atoms with Gasteiger partial charge in [0.25, 0.3) is 0 Å². The highest BCUT2D eigenvalue weighted by Crippen LogP contribution is 2.08. The van der Waals surface area contributed by atoms with Gasteiger partial charge in [-0.05, 0) is 56.9 Å². The first-order valence-electron chi connectivity index (χ1n) is 11.9. The van der Waals surface area contributed by atoms with Crippen LogP contribution in [0.25, 0.3) is 0 Å². The third-order valence-electron chi connectivity index (χ3n) is 5.12. The van der Waals surface area contributed by atoms with E-state index in [1.165, 1.54) is 0 Å². The number of carbonyl (C=O) groups excluding carboxylic acids is 5.